The lowest BCUT2D eigenvalue weighted by Gasteiger charge is -2.12. The lowest BCUT2D eigenvalue weighted by Crippen LogP contribution is -2.08. The van der Waals surface area contributed by atoms with Gasteiger partial charge in [-0.05, 0) is 12.1 Å². The van der Waals surface area contributed by atoms with Crippen molar-refractivity contribution < 1.29 is 0 Å². The van der Waals surface area contributed by atoms with E-state index in [4.69, 9.17) is 0 Å². The van der Waals surface area contributed by atoms with E-state index in [-0.39, 0.29) is 0 Å². The Kier molecular flexibility index (Phi) is 2.90. The maximum absolute atomic E-state index is 4.41. The first-order valence-corrected chi connectivity index (χ1v) is 5.39. The number of nitrogens with zero attached hydrogens (tertiary/aromatic N) is 3. The molecule has 0 saturated carbocycles. The molecule has 0 amide bonds. The molecule has 1 aromatic carbocycles. The third kappa shape index (κ3) is 2.05. The molecular formula is C12H16N4. The average Bonchev–Trinajstić information content (AvgIpc) is 2.77. The molecule has 84 valence electrons. The van der Waals surface area contributed by atoms with E-state index in [9.17, 15) is 0 Å². The van der Waals surface area contributed by atoms with Gasteiger partial charge in [0.05, 0.1) is 0 Å². The third-order valence-electron chi connectivity index (χ3n) is 2.49. The summed E-state index contributed by atoms with van der Waals surface area (Å²) >= 11 is 0. The summed E-state index contributed by atoms with van der Waals surface area (Å²) in [6.45, 7) is 2.06. The van der Waals surface area contributed by atoms with Crippen molar-refractivity contribution in [3.8, 4) is 11.4 Å². The highest BCUT2D eigenvalue weighted by Gasteiger charge is 2.05. The maximum atomic E-state index is 4.41. The van der Waals surface area contributed by atoms with Gasteiger partial charge in [0.25, 0.3) is 0 Å². The van der Waals surface area contributed by atoms with Crippen LogP contribution in [0.5, 0.6) is 0 Å². The Morgan fingerprint density at radius 3 is 2.75 bits per heavy atom. The summed E-state index contributed by atoms with van der Waals surface area (Å²) in [5.74, 6) is 1.69. The largest absolute Gasteiger partial charge is 0.378 e. The molecule has 2 rings (SSSR count). The molecule has 0 bridgehead atoms. The Balaban J connectivity index is 2.36. The minimum atomic E-state index is 0.764. The van der Waals surface area contributed by atoms with Crippen LogP contribution in [-0.2, 0) is 6.42 Å². The van der Waals surface area contributed by atoms with Crippen molar-refractivity contribution in [2.45, 2.75) is 13.3 Å². The van der Waals surface area contributed by atoms with E-state index in [1.54, 1.807) is 0 Å². The molecule has 0 aliphatic carbocycles. The van der Waals surface area contributed by atoms with Gasteiger partial charge >= 0.3 is 0 Å². The van der Waals surface area contributed by atoms with E-state index in [0.717, 1.165) is 29.3 Å². The van der Waals surface area contributed by atoms with E-state index >= 15 is 0 Å². The Morgan fingerprint density at radius 2 is 2.12 bits per heavy atom. The number of nitrogens with one attached hydrogen (secondary N) is 1. The van der Waals surface area contributed by atoms with Crippen LogP contribution in [0, 0.1) is 0 Å². The smallest absolute Gasteiger partial charge is 0.181 e. The molecule has 4 heteroatoms. The van der Waals surface area contributed by atoms with Crippen molar-refractivity contribution in [2.24, 2.45) is 0 Å². The monoisotopic (exact) mass is 216 g/mol. The molecule has 0 unspecified atom stereocenters. The van der Waals surface area contributed by atoms with Crippen LogP contribution in [0.25, 0.3) is 11.4 Å². The minimum absolute atomic E-state index is 0.764. The van der Waals surface area contributed by atoms with Crippen molar-refractivity contribution in [3.63, 3.8) is 0 Å². The molecule has 0 radical (unpaired) electrons. The summed E-state index contributed by atoms with van der Waals surface area (Å²) < 4.78 is 0. The fourth-order valence-corrected chi connectivity index (χ4v) is 1.51. The molecule has 1 N–H and O–H groups in total. The topological polar surface area (TPSA) is 44.8 Å². The Morgan fingerprint density at radius 1 is 1.31 bits per heavy atom. The number of aromatic amines is 1. The van der Waals surface area contributed by atoms with E-state index in [2.05, 4.69) is 39.1 Å². The number of aromatic nitrogens is 3. The van der Waals surface area contributed by atoms with Gasteiger partial charge in [0, 0.05) is 31.8 Å². The predicted molar refractivity (Wildman–Crippen MR) is 65.5 cm³/mol. The standard InChI is InChI=1S/C12H16N4/c1-4-11-13-12(15-14-11)9-6-5-7-10(8-9)16(2)3/h5-8H,4H2,1-3H3,(H,13,14,15). The second kappa shape index (κ2) is 4.35. The lowest BCUT2D eigenvalue weighted by molar-refractivity contribution is 0.946. The molecule has 1 aromatic heterocycles. The third-order valence-corrected chi connectivity index (χ3v) is 2.49. The fourth-order valence-electron chi connectivity index (χ4n) is 1.51. The second-order valence-corrected chi connectivity index (χ2v) is 3.90. The van der Waals surface area contributed by atoms with E-state index < -0.39 is 0 Å². The fraction of sp³-hybridized carbons (Fsp3) is 0.333. The van der Waals surface area contributed by atoms with Crippen LogP contribution in [-0.4, -0.2) is 29.3 Å². The summed E-state index contributed by atoms with van der Waals surface area (Å²) in [4.78, 5) is 6.48. The molecule has 1 heterocycles. The molecule has 0 fully saturated rings. The molecule has 16 heavy (non-hydrogen) atoms. The average molecular weight is 216 g/mol. The van der Waals surface area contributed by atoms with Gasteiger partial charge in [-0.2, -0.15) is 5.10 Å². The Bertz CT molecular complexity index is 473. The molecule has 2 aromatic rings. The highest BCUT2D eigenvalue weighted by molar-refractivity contribution is 5.62. The van der Waals surface area contributed by atoms with Crippen molar-refractivity contribution in [1.82, 2.24) is 15.2 Å². The number of rotatable bonds is 3. The molecule has 4 nitrogen and oxygen atoms in total. The first kappa shape index (κ1) is 10.7. The Labute approximate surface area is 95.3 Å². The van der Waals surface area contributed by atoms with Crippen molar-refractivity contribution >= 4 is 5.69 Å². The number of hydrogen-bond donors (Lipinski definition) is 1. The number of hydrogen-bond acceptors (Lipinski definition) is 3. The van der Waals surface area contributed by atoms with E-state index in [0.29, 0.717) is 0 Å². The minimum Gasteiger partial charge on any atom is -0.378 e. The van der Waals surface area contributed by atoms with Crippen LogP contribution >= 0.6 is 0 Å². The van der Waals surface area contributed by atoms with Crippen LogP contribution in [0.4, 0.5) is 5.69 Å². The summed E-state index contributed by atoms with van der Waals surface area (Å²) in [6.07, 6.45) is 0.875. The van der Waals surface area contributed by atoms with Crippen LogP contribution in [0.2, 0.25) is 0 Å². The van der Waals surface area contributed by atoms with Gasteiger partial charge in [-0.1, -0.05) is 19.1 Å². The van der Waals surface area contributed by atoms with Crippen LogP contribution < -0.4 is 4.90 Å². The van der Waals surface area contributed by atoms with Gasteiger partial charge in [-0.25, -0.2) is 4.98 Å². The zero-order valence-electron chi connectivity index (χ0n) is 9.86. The molecule has 0 spiro atoms. The highest BCUT2D eigenvalue weighted by Crippen LogP contribution is 2.20. The zero-order valence-corrected chi connectivity index (χ0v) is 9.86. The number of aryl methyl sites for hydroxylation is 1. The highest BCUT2D eigenvalue weighted by atomic mass is 15.2. The maximum Gasteiger partial charge on any atom is 0.181 e. The molecule has 0 aliphatic rings. The quantitative estimate of drug-likeness (QED) is 0.854. The van der Waals surface area contributed by atoms with E-state index in [1.807, 2.05) is 26.2 Å². The normalized spacial score (nSPS) is 10.4. The van der Waals surface area contributed by atoms with E-state index in [1.165, 1.54) is 0 Å². The van der Waals surface area contributed by atoms with Crippen molar-refractivity contribution in [2.75, 3.05) is 19.0 Å². The second-order valence-electron chi connectivity index (χ2n) is 3.90. The number of anilines is 1. The zero-order chi connectivity index (χ0) is 11.5. The van der Waals surface area contributed by atoms with Gasteiger partial charge in [-0.15, -0.1) is 0 Å². The van der Waals surface area contributed by atoms with Gasteiger partial charge in [0.2, 0.25) is 0 Å². The molecular weight excluding hydrogens is 200 g/mol. The van der Waals surface area contributed by atoms with Gasteiger partial charge in [0.15, 0.2) is 5.82 Å². The van der Waals surface area contributed by atoms with Crippen LogP contribution in [0.3, 0.4) is 0 Å². The predicted octanol–water partition coefficient (Wildman–Crippen LogP) is 2.10. The number of benzene rings is 1. The summed E-state index contributed by atoms with van der Waals surface area (Å²) in [7, 11) is 4.04. The SMILES string of the molecule is CCc1nc(-c2cccc(N(C)C)c2)n[nH]1. The summed E-state index contributed by atoms with van der Waals surface area (Å²) in [5.41, 5.74) is 2.20. The summed E-state index contributed by atoms with van der Waals surface area (Å²) in [6, 6.07) is 8.20. The summed E-state index contributed by atoms with van der Waals surface area (Å²) in [5, 5.41) is 7.13. The van der Waals surface area contributed by atoms with Gasteiger partial charge in [0.1, 0.15) is 5.82 Å². The van der Waals surface area contributed by atoms with Gasteiger partial charge in [-0.3, -0.25) is 5.10 Å². The van der Waals surface area contributed by atoms with Gasteiger partial charge < -0.3 is 4.90 Å². The molecule has 0 saturated heterocycles. The number of H-pyrrole nitrogens is 1. The Hall–Kier alpha value is -1.84. The van der Waals surface area contributed by atoms with Crippen LogP contribution in [0.1, 0.15) is 12.7 Å². The first-order valence-electron chi connectivity index (χ1n) is 5.39. The molecule has 0 aliphatic heterocycles. The van der Waals surface area contributed by atoms with Crippen molar-refractivity contribution in [3.05, 3.63) is 30.1 Å². The first-order chi connectivity index (χ1) is 7.70. The van der Waals surface area contributed by atoms with Crippen molar-refractivity contribution in [1.29, 1.82) is 0 Å². The molecule has 0 atom stereocenters. The van der Waals surface area contributed by atoms with Crippen LogP contribution in [0.15, 0.2) is 24.3 Å². The lowest BCUT2D eigenvalue weighted by atomic mass is 10.2.